The molecule has 0 aromatic rings. The van der Waals surface area contributed by atoms with E-state index < -0.39 is 0 Å². The molecule has 0 aliphatic rings. The number of nitrogens with zero attached hydrogens (tertiary/aromatic N) is 2. The van der Waals surface area contributed by atoms with Gasteiger partial charge >= 0.3 is 0 Å². The van der Waals surface area contributed by atoms with E-state index in [1.165, 1.54) is 11.8 Å². The van der Waals surface area contributed by atoms with Gasteiger partial charge in [0.25, 0.3) is 0 Å². The molecule has 0 saturated carbocycles. The van der Waals surface area contributed by atoms with E-state index in [1.807, 2.05) is 0 Å². The molecule has 72 valence electrons. The first-order chi connectivity index (χ1) is 5.18. The third-order valence-corrected chi connectivity index (χ3v) is 2.84. The van der Waals surface area contributed by atoms with Crippen LogP contribution in [-0.2, 0) is 0 Å². The van der Waals surface area contributed by atoms with E-state index in [0.717, 1.165) is 29.9 Å². The van der Waals surface area contributed by atoms with Gasteiger partial charge in [0.2, 0.25) is 0 Å². The zero-order chi connectivity index (χ0) is 8.74. The molecule has 0 aromatic carbocycles. The zero-order valence-corrected chi connectivity index (χ0v) is 11.0. The van der Waals surface area contributed by atoms with Gasteiger partial charge in [-0.1, -0.05) is 0 Å². The number of hydrogen-bond acceptors (Lipinski definition) is 2. The Morgan fingerprint density at radius 1 is 1.33 bits per heavy atom. The van der Waals surface area contributed by atoms with Gasteiger partial charge in [-0.3, -0.25) is 0 Å². The van der Waals surface area contributed by atoms with Crippen LogP contribution < -0.4 is 24.0 Å². The topological polar surface area (TPSA) is 23.8 Å². The molecular formula is C8H17IN2S. The minimum absolute atomic E-state index is 0. The van der Waals surface area contributed by atoms with Crippen molar-refractivity contribution in [2.45, 2.75) is 13.8 Å². The molecule has 0 saturated heterocycles. The van der Waals surface area contributed by atoms with Gasteiger partial charge in [-0.05, 0) is 25.6 Å². The van der Waals surface area contributed by atoms with Crippen LogP contribution >= 0.6 is 11.8 Å². The number of halogens is 1. The highest BCUT2D eigenvalue weighted by molar-refractivity contribution is 8.03. The second kappa shape index (κ2) is 8.14. The summed E-state index contributed by atoms with van der Waals surface area (Å²) < 4.78 is 1.08. The van der Waals surface area contributed by atoms with Crippen molar-refractivity contribution in [1.29, 1.82) is 5.26 Å². The summed E-state index contributed by atoms with van der Waals surface area (Å²) in [4.78, 5) is 0. The highest BCUT2D eigenvalue weighted by atomic mass is 127. The average molecular weight is 300 g/mol. The smallest absolute Gasteiger partial charge is 0.133 e. The van der Waals surface area contributed by atoms with E-state index in [2.05, 4.69) is 26.3 Å². The van der Waals surface area contributed by atoms with Crippen LogP contribution in [0.3, 0.4) is 0 Å². The maximum atomic E-state index is 8.31. The van der Waals surface area contributed by atoms with Crippen LogP contribution in [0.25, 0.3) is 0 Å². The summed E-state index contributed by atoms with van der Waals surface area (Å²) in [7, 11) is 2.23. The van der Waals surface area contributed by atoms with Crippen molar-refractivity contribution in [3.05, 3.63) is 0 Å². The Bertz CT molecular complexity index is 140. The molecular weight excluding hydrogens is 283 g/mol. The van der Waals surface area contributed by atoms with E-state index in [9.17, 15) is 0 Å². The predicted octanol–water partition coefficient (Wildman–Crippen LogP) is -1.31. The van der Waals surface area contributed by atoms with E-state index in [4.69, 9.17) is 5.26 Å². The lowest BCUT2D eigenvalue weighted by Gasteiger charge is -2.31. The monoisotopic (exact) mass is 300 g/mol. The molecule has 0 aromatic heterocycles. The molecule has 0 spiro atoms. The summed E-state index contributed by atoms with van der Waals surface area (Å²) in [6.45, 7) is 7.80. The van der Waals surface area contributed by atoms with Gasteiger partial charge in [-0.15, -0.1) is 0 Å². The van der Waals surface area contributed by atoms with Crippen LogP contribution in [0.4, 0.5) is 0 Å². The highest BCUT2D eigenvalue weighted by Gasteiger charge is 2.14. The maximum absolute atomic E-state index is 8.31. The van der Waals surface area contributed by atoms with Crippen molar-refractivity contribution in [2.24, 2.45) is 0 Å². The van der Waals surface area contributed by atoms with Crippen molar-refractivity contribution in [2.75, 3.05) is 32.4 Å². The molecule has 4 heteroatoms. The summed E-state index contributed by atoms with van der Waals surface area (Å²) in [6, 6.07) is 0. The second-order valence-corrected chi connectivity index (χ2v) is 3.79. The molecule has 0 fully saturated rings. The molecule has 12 heavy (non-hydrogen) atoms. The number of rotatable bonds is 5. The molecule has 0 bridgehead atoms. The third-order valence-electron chi connectivity index (χ3n) is 2.32. The fraction of sp³-hybridized carbons (Fsp3) is 0.875. The molecule has 0 amide bonds. The van der Waals surface area contributed by atoms with Gasteiger partial charge in [-0.25, -0.2) is 0 Å². The van der Waals surface area contributed by atoms with Gasteiger partial charge in [0.05, 0.1) is 32.4 Å². The molecule has 0 heterocycles. The molecule has 0 N–H and O–H groups in total. The van der Waals surface area contributed by atoms with Crippen molar-refractivity contribution >= 4 is 11.8 Å². The lowest BCUT2D eigenvalue weighted by atomic mass is 10.4. The average Bonchev–Trinajstić information content (AvgIpc) is 2.05. The Labute approximate surface area is 96.9 Å². The number of thioether (sulfide) groups is 1. The molecule has 0 unspecified atom stereocenters. The van der Waals surface area contributed by atoms with Crippen LogP contribution in [0, 0.1) is 10.7 Å². The number of quaternary nitrogens is 1. The van der Waals surface area contributed by atoms with E-state index in [1.54, 1.807) is 0 Å². The minimum atomic E-state index is 0. The Hall–Kier alpha value is 0.530. The molecule has 0 aliphatic heterocycles. The quantitative estimate of drug-likeness (QED) is 0.272. The molecule has 0 atom stereocenters. The standard InChI is InChI=1S/C8H17N2S.HI/c1-4-10(3,5-2)6-7-11-8-9;/h4-7H2,1-3H3;1H/q+1;/p-1. The summed E-state index contributed by atoms with van der Waals surface area (Å²) in [5.41, 5.74) is 0. The summed E-state index contributed by atoms with van der Waals surface area (Å²) >= 11 is 1.36. The first-order valence-electron chi connectivity index (χ1n) is 4.03. The van der Waals surface area contributed by atoms with Crippen LogP contribution in [0.5, 0.6) is 0 Å². The molecule has 0 aliphatic carbocycles. The molecule has 0 rings (SSSR count). The summed E-state index contributed by atoms with van der Waals surface area (Å²) in [5.74, 6) is 0.953. The normalized spacial score (nSPS) is 10.2. The van der Waals surface area contributed by atoms with Crippen LogP contribution in [0.15, 0.2) is 0 Å². The highest BCUT2D eigenvalue weighted by Crippen LogP contribution is 2.04. The Morgan fingerprint density at radius 2 is 1.83 bits per heavy atom. The van der Waals surface area contributed by atoms with Gasteiger partial charge < -0.3 is 28.5 Å². The van der Waals surface area contributed by atoms with Crippen LogP contribution in [0.1, 0.15) is 13.8 Å². The fourth-order valence-electron chi connectivity index (χ4n) is 0.852. The Balaban J connectivity index is 0. The van der Waals surface area contributed by atoms with E-state index in [0.29, 0.717) is 0 Å². The minimum Gasteiger partial charge on any atom is -1.00 e. The molecule has 0 radical (unpaired) electrons. The van der Waals surface area contributed by atoms with Crippen LogP contribution in [0.2, 0.25) is 0 Å². The van der Waals surface area contributed by atoms with Crippen molar-refractivity contribution in [1.82, 2.24) is 0 Å². The Morgan fingerprint density at radius 3 is 2.17 bits per heavy atom. The number of hydrogen-bond donors (Lipinski definition) is 0. The summed E-state index contributed by atoms with van der Waals surface area (Å²) in [5, 5.41) is 10.4. The first kappa shape index (κ1) is 15.0. The van der Waals surface area contributed by atoms with Crippen molar-refractivity contribution < 1.29 is 28.5 Å². The fourth-order valence-corrected chi connectivity index (χ4v) is 1.47. The van der Waals surface area contributed by atoms with Gasteiger partial charge in [0.1, 0.15) is 5.40 Å². The first-order valence-corrected chi connectivity index (χ1v) is 5.01. The van der Waals surface area contributed by atoms with Gasteiger partial charge in [0, 0.05) is 0 Å². The maximum Gasteiger partial charge on any atom is 0.133 e. The molecule has 2 nitrogen and oxygen atoms in total. The summed E-state index contributed by atoms with van der Waals surface area (Å²) in [6.07, 6.45) is 0. The van der Waals surface area contributed by atoms with Crippen LogP contribution in [-0.4, -0.2) is 36.9 Å². The second-order valence-electron chi connectivity index (χ2n) is 2.92. The largest absolute Gasteiger partial charge is 1.00 e. The Kier molecular flexibility index (Phi) is 10.2. The SMILES string of the molecule is CC[N+](C)(CC)CCSC#N.[I-]. The lowest BCUT2D eigenvalue weighted by Crippen LogP contribution is -3.00. The van der Waals surface area contributed by atoms with Gasteiger partial charge in [0.15, 0.2) is 0 Å². The van der Waals surface area contributed by atoms with Crippen molar-refractivity contribution in [3.63, 3.8) is 0 Å². The van der Waals surface area contributed by atoms with Crippen molar-refractivity contribution in [3.8, 4) is 5.40 Å². The van der Waals surface area contributed by atoms with E-state index in [-0.39, 0.29) is 24.0 Å². The number of nitriles is 1. The lowest BCUT2D eigenvalue weighted by molar-refractivity contribution is -0.903. The number of thiocyanates is 1. The third kappa shape index (κ3) is 6.09. The van der Waals surface area contributed by atoms with E-state index >= 15 is 0 Å². The zero-order valence-electron chi connectivity index (χ0n) is 8.01. The van der Waals surface area contributed by atoms with Gasteiger partial charge in [-0.2, -0.15) is 5.26 Å². The predicted molar refractivity (Wildman–Crippen MR) is 50.2 cm³/mol.